The number of amides is 1. The minimum Gasteiger partial charge on any atom is -0.497 e. The van der Waals surface area contributed by atoms with E-state index in [1.54, 1.807) is 48.2 Å². The molecule has 0 spiro atoms. The van der Waals surface area contributed by atoms with Crippen LogP contribution in [0.25, 0.3) is 0 Å². The number of carbonyl (C=O) groups excluding carboxylic acids is 1. The van der Waals surface area contributed by atoms with Gasteiger partial charge in [0.05, 0.1) is 32.1 Å². The van der Waals surface area contributed by atoms with Crippen LogP contribution in [0.2, 0.25) is 0 Å². The smallest absolute Gasteiger partial charge is 0.255 e. The Hall–Kier alpha value is -5.06. The van der Waals surface area contributed by atoms with Crippen LogP contribution in [0.5, 0.6) is 23.0 Å². The molecule has 1 aliphatic rings. The molecule has 5 rings (SSSR count). The Morgan fingerprint density at radius 1 is 1.00 bits per heavy atom. The number of rotatable bonds is 10. The molecular formula is C30H30FN5O5. The number of benzene rings is 3. The maximum absolute atomic E-state index is 13.9. The van der Waals surface area contributed by atoms with Gasteiger partial charge in [0.2, 0.25) is 5.95 Å². The lowest BCUT2D eigenvalue weighted by Crippen LogP contribution is -2.31. The first-order valence-electron chi connectivity index (χ1n) is 13.0. The molecule has 0 fully saturated rings. The second-order valence-corrected chi connectivity index (χ2v) is 9.17. The number of nitrogens with zero attached hydrogens (tertiary/aromatic N) is 3. The van der Waals surface area contributed by atoms with Crippen LogP contribution in [0.15, 0.2) is 78.3 Å². The van der Waals surface area contributed by atoms with E-state index in [9.17, 15) is 9.18 Å². The molecule has 0 saturated carbocycles. The predicted octanol–water partition coefficient (Wildman–Crippen LogP) is 5.34. The number of halogens is 1. The van der Waals surface area contributed by atoms with Crippen LogP contribution in [-0.4, -0.2) is 41.5 Å². The van der Waals surface area contributed by atoms with Gasteiger partial charge in [0.25, 0.3) is 5.91 Å². The number of carbonyl (C=O) groups is 1. The number of allylic oxidation sites excluding steroid dienone is 1. The van der Waals surface area contributed by atoms with E-state index >= 15 is 0 Å². The predicted molar refractivity (Wildman–Crippen MR) is 151 cm³/mol. The molecule has 1 atom stereocenters. The number of aromatic nitrogens is 3. The first-order valence-corrected chi connectivity index (χ1v) is 13.0. The van der Waals surface area contributed by atoms with Gasteiger partial charge in [-0.1, -0.05) is 18.2 Å². The summed E-state index contributed by atoms with van der Waals surface area (Å²) >= 11 is 0. The molecule has 1 aromatic heterocycles. The second kappa shape index (κ2) is 12.0. The molecule has 10 nitrogen and oxygen atoms in total. The number of fused-ring (bicyclic) bond motifs is 1. The highest BCUT2D eigenvalue weighted by Gasteiger charge is 2.34. The van der Waals surface area contributed by atoms with Crippen LogP contribution >= 0.6 is 0 Å². The zero-order valence-corrected chi connectivity index (χ0v) is 23.1. The average Bonchev–Trinajstić information content (AvgIpc) is 3.44. The topological polar surface area (TPSA) is 109 Å². The molecule has 2 N–H and O–H groups in total. The maximum Gasteiger partial charge on any atom is 0.255 e. The molecule has 1 amide bonds. The van der Waals surface area contributed by atoms with Gasteiger partial charge in [0.15, 0.2) is 11.5 Å². The quantitative estimate of drug-likeness (QED) is 0.268. The molecule has 2 heterocycles. The summed E-state index contributed by atoms with van der Waals surface area (Å²) in [4.78, 5) is 18.2. The fourth-order valence-electron chi connectivity index (χ4n) is 4.62. The lowest BCUT2D eigenvalue weighted by Gasteiger charge is -2.29. The Labute approximate surface area is 236 Å². The van der Waals surface area contributed by atoms with Gasteiger partial charge in [-0.15, -0.1) is 0 Å². The highest BCUT2D eigenvalue weighted by molar-refractivity contribution is 6.06. The van der Waals surface area contributed by atoms with Crippen molar-refractivity contribution in [3.05, 3.63) is 95.2 Å². The molecule has 3 aromatic carbocycles. The van der Waals surface area contributed by atoms with Crippen molar-refractivity contribution in [1.82, 2.24) is 14.8 Å². The molecule has 212 valence electrons. The van der Waals surface area contributed by atoms with Gasteiger partial charge in [-0.25, -0.2) is 9.07 Å². The van der Waals surface area contributed by atoms with Crippen molar-refractivity contribution >= 4 is 17.5 Å². The van der Waals surface area contributed by atoms with Crippen molar-refractivity contribution in [3.63, 3.8) is 0 Å². The number of anilines is 2. The van der Waals surface area contributed by atoms with Crippen LogP contribution in [0.4, 0.5) is 16.0 Å². The van der Waals surface area contributed by atoms with Crippen LogP contribution in [0.3, 0.4) is 0 Å². The van der Waals surface area contributed by atoms with Crippen molar-refractivity contribution in [2.45, 2.75) is 26.5 Å². The minimum absolute atomic E-state index is 0.231. The van der Waals surface area contributed by atoms with Gasteiger partial charge in [-0.05, 0) is 61.4 Å². The van der Waals surface area contributed by atoms with E-state index in [0.29, 0.717) is 52.5 Å². The first-order chi connectivity index (χ1) is 19.9. The summed E-state index contributed by atoms with van der Waals surface area (Å²) in [5, 5.41) is 10.5. The molecule has 0 aliphatic carbocycles. The van der Waals surface area contributed by atoms with Gasteiger partial charge >= 0.3 is 0 Å². The van der Waals surface area contributed by atoms with Crippen LogP contribution in [0.1, 0.15) is 31.0 Å². The molecule has 11 heteroatoms. The highest BCUT2D eigenvalue weighted by atomic mass is 19.1. The molecular weight excluding hydrogens is 529 g/mol. The second-order valence-electron chi connectivity index (χ2n) is 9.17. The molecule has 1 aliphatic heterocycles. The summed E-state index contributed by atoms with van der Waals surface area (Å²) in [5.74, 6) is 1.90. The number of hydrogen-bond donors (Lipinski definition) is 2. The summed E-state index contributed by atoms with van der Waals surface area (Å²) < 4.78 is 37.7. The molecule has 0 unspecified atom stereocenters. The van der Waals surface area contributed by atoms with E-state index < -0.39 is 6.04 Å². The van der Waals surface area contributed by atoms with E-state index in [0.717, 1.165) is 11.1 Å². The maximum atomic E-state index is 13.9. The summed E-state index contributed by atoms with van der Waals surface area (Å²) in [5.41, 5.74) is 3.05. The normalized spacial score (nSPS) is 14.1. The molecule has 0 bridgehead atoms. The summed E-state index contributed by atoms with van der Waals surface area (Å²) in [6, 6.07) is 16.1. The largest absolute Gasteiger partial charge is 0.497 e. The third kappa shape index (κ3) is 5.79. The van der Waals surface area contributed by atoms with Crippen molar-refractivity contribution in [2.24, 2.45) is 0 Å². The zero-order valence-electron chi connectivity index (χ0n) is 23.1. The lowest BCUT2D eigenvalue weighted by atomic mass is 9.94. The van der Waals surface area contributed by atoms with E-state index in [4.69, 9.17) is 18.9 Å². The Balaban J connectivity index is 1.49. The number of methoxy groups -OCH3 is 2. The fourth-order valence-corrected chi connectivity index (χ4v) is 4.62. The zero-order chi connectivity index (χ0) is 28.9. The standard InChI is InChI=1S/C30H30FN5O5/c1-5-40-26-14-20(8-12-25(26)41-16-19-6-9-21(31)10-7-19)28-27(18(2)34-30-32-17-33-36(28)30)29(37)35-23-15-22(38-3)11-13-24(23)39-4/h6-15,17,28H,5,16H2,1-4H3,(H,35,37)(H,32,33,34)/t28-/m0/s1. The molecule has 41 heavy (non-hydrogen) atoms. The summed E-state index contributed by atoms with van der Waals surface area (Å²) in [7, 11) is 3.08. The van der Waals surface area contributed by atoms with Crippen molar-refractivity contribution < 1.29 is 28.1 Å². The fraction of sp³-hybridized carbons (Fsp3) is 0.233. The highest BCUT2D eigenvalue weighted by Crippen LogP contribution is 2.40. The third-order valence-corrected chi connectivity index (χ3v) is 6.58. The van der Waals surface area contributed by atoms with Crippen molar-refractivity contribution in [2.75, 3.05) is 31.5 Å². The molecule has 0 saturated heterocycles. The number of hydrogen-bond acceptors (Lipinski definition) is 8. The number of ether oxygens (including phenoxy) is 4. The Morgan fingerprint density at radius 3 is 2.51 bits per heavy atom. The van der Waals surface area contributed by atoms with E-state index in [-0.39, 0.29) is 18.3 Å². The number of nitrogens with one attached hydrogen (secondary N) is 2. The van der Waals surface area contributed by atoms with E-state index in [1.807, 2.05) is 26.0 Å². The van der Waals surface area contributed by atoms with Crippen molar-refractivity contribution in [1.29, 1.82) is 0 Å². The summed E-state index contributed by atoms with van der Waals surface area (Å²) in [6.45, 7) is 4.32. The van der Waals surface area contributed by atoms with Gasteiger partial charge in [-0.3, -0.25) is 4.79 Å². The lowest BCUT2D eigenvalue weighted by molar-refractivity contribution is -0.113. The SMILES string of the molecule is CCOc1cc([C@H]2C(C(=O)Nc3cc(OC)ccc3OC)=C(C)Nc3ncnn32)ccc1OCc1ccc(F)cc1. The minimum atomic E-state index is -0.629. The third-order valence-electron chi connectivity index (χ3n) is 6.58. The van der Waals surface area contributed by atoms with Gasteiger partial charge in [0, 0.05) is 11.8 Å². The average molecular weight is 560 g/mol. The van der Waals surface area contributed by atoms with E-state index in [1.165, 1.54) is 25.6 Å². The van der Waals surface area contributed by atoms with E-state index in [2.05, 4.69) is 20.7 Å². The Bertz CT molecular complexity index is 1580. The first kappa shape index (κ1) is 27.5. The van der Waals surface area contributed by atoms with Gasteiger partial charge < -0.3 is 29.6 Å². The molecule has 0 radical (unpaired) electrons. The Kier molecular flexibility index (Phi) is 8.04. The Morgan fingerprint density at radius 2 is 1.78 bits per heavy atom. The van der Waals surface area contributed by atoms with Crippen LogP contribution in [0, 0.1) is 5.82 Å². The van der Waals surface area contributed by atoms with Crippen LogP contribution in [-0.2, 0) is 11.4 Å². The van der Waals surface area contributed by atoms with Gasteiger partial charge in [0.1, 0.15) is 36.3 Å². The monoisotopic (exact) mass is 559 g/mol. The molecule has 4 aromatic rings. The van der Waals surface area contributed by atoms with Gasteiger partial charge in [-0.2, -0.15) is 10.1 Å². The summed E-state index contributed by atoms with van der Waals surface area (Å²) in [6.07, 6.45) is 1.43. The van der Waals surface area contributed by atoms with Crippen molar-refractivity contribution in [3.8, 4) is 23.0 Å². The van der Waals surface area contributed by atoms with Crippen LogP contribution < -0.4 is 29.6 Å².